The van der Waals surface area contributed by atoms with Crippen LogP contribution in [0.1, 0.15) is 32.6 Å². The first-order chi connectivity index (χ1) is 10.0. The normalized spacial score (nSPS) is 10.3. The average Bonchev–Trinajstić information content (AvgIpc) is 2.46. The van der Waals surface area contributed by atoms with Crippen LogP contribution in [0.15, 0.2) is 36.4 Å². The van der Waals surface area contributed by atoms with Gasteiger partial charge < -0.3 is 9.47 Å². The van der Waals surface area contributed by atoms with Crippen molar-refractivity contribution in [1.29, 1.82) is 0 Å². The molecule has 0 aromatic heterocycles. The number of hydrogen-bond donors (Lipinski definition) is 0. The van der Waals surface area contributed by atoms with E-state index in [9.17, 15) is 4.79 Å². The molecule has 2 aromatic rings. The van der Waals surface area contributed by atoms with Gasteiger partial charge in [0.25, 0.3) is 0 Å². The second-order valence-corrected chi connectivity index (χ2v) is 5.21. The molecule has 0 aliphatic heterocycles. The number of esters is 1. The topological polar surface area (TPSA) is 35.5 Å². The highest BCUT2D eigenvalue weighted by atomic mass is 16.5. The van der Waals surface area contributed by atoms with E-state index in [-0.39, 0.29) is 5.97 Å². The molecule has 0 bridgehead atoms. The van der Waals surface area contributed by atoms with Crippen molar-refractivity contribution in [1.82, 2.24) is 0 Å². The first-order valence-electron chi connectivity index (χ1n) is 6.89. The van der Waals surface area contributed by atoms with E-state index in [4.69, 9.17) is 4.74 Å². The van der Waals surface area contributed by atoms with Crippen molar-refractivity contribution in [3.63, 3.8) is 0 Å². The number of carbonyl (C=O) groups is 1. The summed E-state index contributed by atoms with van der Waals surface area (Å²) in [5.41, 5.74) is 5.07. The summed E-state index contributed by atoms with van der Waals surface area (Å²) in [5, 5.41) is 0. The van der Waals surface area contributed by atoms with Crippen LogP contribution in [0, 0.1) is 20.8 Å². The van der Waals surface area contributed by atoms with Crippen molar-refractivity contribution in [3.8, 4) is 5.75 Å². The Morgan fingerprint density at radius 3 is 2.10 bits per heavy atom. The Kier molecular flexibility index (Phi) is 4.63. The van der Waals surface area contributed by atoms with Gasteiger partial charge in [0.2, 0.25) is 0 Å². The Morgan fingerprint density at radius 2 is 1.57 bits per heavy atom. The summed E-state index contributed by atoms with van der Waals surface area (Å²) in [6, 6.07) is 11.5. The van der Waals surface area contributed by atoms with Crippen LogP contribution < -0.4 is 4.74 Å². The molecule has 0 aliphatic rings. The fraction of sp³-hybridized carbons (Fsp3) is 0.278. The lowest BCUT2D eigenvalue weighted by atomic mass is 10.1. The molecule has 0 atom stereocenters. The molecule has 0 amide bonds. The zero-order valence-corrected chi connectivity index (χ0v) is 12.9. The first-order valence-corrected chi connectivity index (χ1v) is 6.89. The van der Waals surface area contributed by atoms with Crippen LogP contribution in [0.2, 0.25) is 0 Å². The Morgan fingerprint density at radius 1 is 1.00 bits per heavy atom. The molecule has 3 heteroatoms. The predicted octanol–water partition coefficient (Wildman–Crippen LogP) is 3.98. The van der Waals surface area contributed by atoms with Gasteiger partial charge in [-0.15, -0.1) is 0 Å². The van der Waals surface area contributed by atoms with Crippen LogP contribution in [-0.2, 0) is 11.3 Å². The van der Waals surface area contributed by atoms with E-state index >= 15 is 0 Å². The van der Waals surface area contributed by atoms with E-state index in [0.717, 1.165) is 22.4 Å². The third kappa shape index (κ3) is 3.63. The molecule has 0 aliphatic carbocycles. The second kappa shape index (κ2) is 6.44. The summed E-state index contributed by atoms with van der Waals surface area (Å²) in [5.74, 6) is 0.602. The number of hydrogen-bond acceptors (Lipinski definition) is 3. The molecule has 0 unspecified atom stereocenters. The Bertz CT molecular complexity index is 619. The molecule has 0 fully saturated rings. The van der Waals surface area contributed by atoms with Crippen LogP contribution in [0.4, 0.5) is 0 Å². The maximum absolute atomic E-state index is 11.4. The minimum Gasteiger partial charge on any atom is -0.488 e. The summed E-state index contributed by atoms with van der Waals surface area (Å²) in [6.07, 6.45) is 0. The number of benzene rings is 2. The first kappa shape index (κ1) is 15.1. The summed E-state index contributed by atoms with van der Waals surface area (Å²) in [7, 11) is 1.38. The Hall–Kier alpha value is -2.29. The third-order valence-corrected chi connectivity index (χ3v) is 3.36. The van der Waals surface area contributed by atoms with Crippen LogP contribution in [0.3, 0.4) is 0 Å². The molecule has 0 N–H and O–H groups in total. The van der Waals surface area contributed by atoms with Gasteiger partial charge in [-0.25, -0.2) is 4.79 Å². The van der Waals surface area contributed by atoms with Crippen molar-refractivity contribution in [2.24, 2.45) is 0 Å². The van der Waals surface area contributed by atoms with E-state index < -0.39 is 0 Å². The zero-order valence-electron chi connectivity index (χ0n) is 12.9. The molecule has 0 saturated heterocycles. The van der Waals surface area contributed by atoms with Crippen molar-refractivity contribution >= 4 is 5.97 Å². The highest BCUT2D eigenvalue weighted by molar-refractivity contribution is 5.89. The fourth-order valence-electron chi connectivity index (χ4n) is 2.40. The van der Waals surface area contributed by atoms with Gasteiger partial charge in [-0.1, -0.05) is 29.8 Å². The fourth-order valence-corrected chi connectivity index (χ4v) is 2.40. The maximum Gasteiger partial charge on any atom is 0.337 e. The van der Waals surface area contributed by atoms with Crippen LogP contribution >= 0.6 is 0 Å². The van der Waals surface area contributed by atoms with Crippen molar-refractivity contribution in [3.05, 3.63) is 64.2 Å². The molecule has 0 heterocycles. The van der Waals surface area contributed by atoms with Gasteiger partial charge in [0.05, 0.1) is 12.7 Å². The smallest absolute Gasteiger partial charge is 0.337 e. The third-order valence-electron chi connectivity index (χ3n) is 3.36. The van der Waals surface area contributed by atoms with E-state index in [0.29, 0.717) is 12.2 Å². The minimum atomic E-state index is -0.326. The summed E-state index contributed by atoms with van der Waals surface area (Å²) in [4.78, 5) is 11.4. The van der Waals surface area contributed by atoms with Gasteiger partial charge in [-0.05, 0) is 49.6 Å². The van der Waals surface area contributed by atoms with Crippen LogP contribution in [0.5, 0.6) is 5.75 Å². The molecule has 2 aromatic carbocycles. The molecule has 21 heavy (non-hydrogen) atoms. The van der Waals surface area contributed by atoms with Crippen molar-refractivity contribution in [2.45, 2.75) is 27.4 Å². The molecular weight excluding hydrogens is 264 g/mol. The number of carbonyl (C=O) groups excluding carboxylic acids is 1. The quantitative estimate of drug-likeness (QED) is 0.797. The highest BCUT2D eigenvalue weighted by Crippen LogP contribution is 2.25. The van der Waals surface area contributed by atoms with E-state index in [1.54, 1.807) is 12.1 Å². The highest BCUT2D eigenvalue weighted by Gasteiger charge is 2.07. The van der Waals surface area contributed by atoms with E-state index in [2.05, 4.69) is 37.6 Å². The van der Waals surface area contributed by atoms with Crippen molar-refractivity contribution in [2.75, 3.05) is 7.11 Å². The second-order valence-electron chi connectivity index (χ2n) is 5.21. The molecule has 2 rings (SSSR count). The summed E-state index contributed by atoms with van der Waals surface area (Å²) in [6.45, 7) is 6.66. The standard InChI is InChI=1S/C18H20O3/c1-12-9-13(2)17(14(3)10-12)21-11-15-5-7-16(8-6-15)18(19)20-4/h5-10H,11H2,1-4H3. The molecule has 3 nitrogen and oxygen atoms in total. The van der Waals surface area contributed by atoms with Gasteiger partial charge in [-0.3, -0.25) is 0 Å². The number of methoxy groups -OCH3 is 1. The van der Waals surface area contributed by atoms with Crippen LogP contribution in [0.25, 0.3) is 0 Å². The number of ether oxygens (including phenoxy) is 2. The van der Waals surface area contributed by atoms with Gasteiger partial charge in [0.1, 0.15) is 12.4 Å². The molecule has 0 spiro atoms. The van der Waals surface area contributed by atoms with Gasteiger partial charge in [0.15, 0.2) is 0 Å². The minimum absolute atomic E-state index is 0.326. The van der Waals surface area contributed by atoms with Gasteiger partial charge >= 0.3 is 5.97 Å². The lowest BCUT2D eigenvalue weighted by molar-refractivity contribution is 0.0600. The molecule has 0 saturated carbocycles. The predicted molar refractivity (Wildman–Crippen MR) is 82.8 cm³/mol. The molecule has 0 radical (unpaired) electrons. The van der Waals surface area contributed by atoms with Crippen LogP contribution in [-0.4, -0.2) is 13.1 Å². The zero-order chi connectivity index (χ0) is 15.4. The monoisotopic (exact) mass is 284 g/mol. The van der Waals surface area contributed by atoms with Crippen molar-refractivity contribution < 1.29 is 14.3 Å². The van der Waals surface area contributed by atoms with Gasteiger partial charge in [-0.2, -0.15) is 0 Å². The van der Waals surface area contributed by atoms with E-state index in [1.807, 2.05) is 12.1 Å². The maximum atomic E-state index is 11.4. The average molecular weight is 284 g/mol. The summed E-state index contributed by atoms with van der Waals surface area (Å²) >= 11 is 0. The number of aryl methyl sites for hydroxylation is 3. The Balaban J connectivity index is 2.08. The summed E-state index contributed by atoms with van der Waals surface area (Å²) < 4.78 is 10.6. The Labute approximate surface area is 125 Å². The number of rotatable bonds is 4. The van der Waals surface area contributed by atoms with E-state index in [1.165, 1.54) is 12.7 Å². The van der Waals surface area contributed by atoms with Gasteiger partial charge in [0, 0.05) is 0 Å². The largest absolute Gasteiger partial charge is 0.488 e. The molecule has 110 valence electrons. The SMILES string of the molecule is COC(=O)c1ccc(COc2c(C)cc(C)cc2C)cc1. The molecular formula is C18H20O3. The lowest BCUT2D eigenvalue weighted by Crippen LogP contribution is -2.03. The lowest BCUT2D eigenvalue weighted by Gasteiger charge is -2.13.